The molecule has 0 atom stereocenters. The summed E-state index contributed by atoms with van der Waals surface area (Å²) in [5.41, 5.74) is 1.60. The number of benzene rings is 2. The standard InChI is InChI=1S/C21H20ClN3O4/c22-15-10-17-18(29-12-19(26)23-17)11-16(15)24-21(28)25-8-6-14(7-9-25)20(27)13-4-2-1-3-5-13/h1-5,10-11,14H,6-9,12H2,(H,23,26)(H,24,28). The number of carbonyl (C=O) groups is 3. The Morgan fingerprint density at radius 1 is 1.14 bits per heavy atom. The highest BCUT2D eigenvalue weighted by Gasteiger charge is 2.28. The lowest BCUT2D eigenvalue weighted by Crippen LogP contribution is -2.42. The van der Waals surface area contributed by atoms with Gasteiger partial charge in [-0.1, -0.05) is 41.9 Å². The minimum atomic E-state index is -0.280. The van der Waals surface area contributed by atoms with E-state index in [-0.39, 0.29) is 30.2 Å². The molecule has 1 fully saturated rings. The summed E-state index contributed by atoms with van der Waals surface area (Å²) in [6, 6.07) is 12.1. The third-order valence-corrected chi connectivity index (χ3v) is 5.47. The van der Waals surface area contributed by atoms with Crippen molar-refractivity contribution in [1.82, 2.24) is 4.90 Å². The van der Waals surface area contributed by atoms with E-state index in [1.165, 1.54) is 0 Å². The lowest BCUT2D eigenvalue weighted by molar-refractivity contribution is -0.118. The molecule has 2 aromatic rings. The Labute approximate surface area is 173 Å². The van der Waals surface area contributed by atoms with E-state index in [0.717, 1.165) is 0 Å². The average Bonchev–Trinajstić information content (AvgIpc) is 2.74. The zero-order valence-corrected chi connectivity index (χ0v) is 16.4. The summed E-state index contributed by atoms with van der Waals surface area (Å²) in [6.45, 7) is 0.902. The molecular weight excluding hydrogens is 394 g/mol. The Balaban J connectivity index is 1.37. The Morgan fingerprint density at radius 2 is 1.86 bits per heavy atom. The number of ether oxygens (including phenoxy) is 1. The second-order valence-corrected chi connectivity index (χ2v) is 7.49. The van der Waals surface area contributed by atoms with E-state index in [1.807, 2.05) is 30.3 Å². The van der Waals surface area contributed by atoms with Crippen LogP contribution in [0.1, 0.15) is 23.2 Å². The smallest absolute Gasteiger partial charge is 0.321 e. The second-order valence-electron chi connectivity index (χ2n) is 7.09. The minimum Gasteiger partial charge on any atom is -0.482 e. The van der Waals surface area contributed by atoms with Crippen LogP contribution < -0.4 is 15.4 Å². The first-order chi connectivity index (χ1) is 14.0. The number of hydrogen-bond acceptors (Lipinski definition) is 4. The molecule has 0 bridgehead atoms. The predicted molar refractivity (Wildman–Crippen MR) is 110 cm³/mol. The van der Waals surface area contributed by atoms with Crippen LogP contribution in [0.5, 0.6) is 5.75 Å². The van der Waals surface area contributed by atoms with Crippen LogP contribution in [-0.2, 0) is 4.79 Å². The molecule has 3 amide bonds. The normalized spacial score (nSPS) is 16.4. The molecule has 2 N–H and O–H groups in total. The van der Waals surface area contributed by atoms with Gasteiger partial charge in [-0.2, -0.15) is 0 Å². The van der Waals surface area contributed by atoms with Crippen molar-refractivity contribution in [3.8, 4) is 5.75 Å². The van der Waals surface area contributed by atoms with Gasteiger partial charge >= 0.3 is 6.03 Å². The first-order valence-electron chi connectivity index (χ1n) is 9.42. The third-order valence-electron chi connectivity index (χ3n) is 5.15. The lowest BCUT2D eigenvalue weighted by atomic mass is 9.89. The van der Waals surface area contributed by atoms with Gasteiger partial charge in [-0.3, -0.25) is 9.59 Å². The molecule has 0 aromatic heterocycles. The number of carbonyl (C=O) groups excluding carboxylic acids is 3. The number of piperidine rings is 1. The summed E-state index contributed by atoms with van der Waals surface area (Å²) in [5, 5.41) is 5.77. The molecule has 7 nitrogen and oxygen atoms in total. The highest BCUT2D eigenvalue weighted by molar-refractivity contribution is 6.34. The van der Waals surface area contributed by atoms with Crippen molar-refractivity contribution in [2.24, 2.45) is 5.92 Å². The maximum atomic E-state index is 12.6. The number of Topliss-reactive ketones (excluding diaryl/α,β-unsaturated/α-hetero) is 1. The van der Waals surface area contributed by atoms with Crippen LogP contribution in [0.25, 0.3) is 0 Å². The first-order valence-corrected chi connectivity index (χ1v) is 9.80. The molecule has 8 heteroatoms. The molecule has 0 aliphatic carbocycles. The zero-order chi connectivity index (χ0) is 20.4. The maximum absolute atomic E-state index is 12.6. The van der Waals surface area contributed by atoms with Gasteiger partial charge in [0.25, 0.3) is 5.91 Å². The van der Waals surface area contributed by atoms with E-state index in [1.54, 1.807) is 17.0 Å². The van der Waals surface area contributed by atoms with E-state index in [0.29, 0.717) is 53.6 Å². The molecule has 0 spiro atoms. The van der Waals surface area contributed by atoms with Gasteiger partial charge in [-0.25, -0.2) is 4.79 Å². The highest BCUT2D eigenvalue weighted by Crippen LogP contribution is 2.36. The number of urea groups is 1. The molecule has 29 heavy (non-hydrogen) atoms. The molecule has 1 saturated heterocycles. The molecule has 0 unspecified atom stereocenters. The number of nitrogens with zero attached hydrogens (tertiary/aromatic N) is 1. The molecule has 2 aliphatic rings. The van der Waals surface area contributed by atoms with Crippen molar-refractivity contribution in [1.29, 1.82) is 0 Å². The molecule has 0 radical (unpaired) electrons. The molecule has 0 saturated carbocycles. The number of anilines is 2. The second kappa shape index (κ2) is 8.13. The van der Waals surface area contributed by atoms with Crippen molar-refractivity contribution in [2.75, 3.05) is 30.3 Å². The number of likely N-dealkylation sites (tertiary alicyclic amines) is 1. The van der Waals surface area contributed by atoms with Crippen molar-refractivity contribution in [3.63, 3.8) is 0 Å². The van der Waals surface area contributed by atoms with Gasteiger partial charge in [0.05, 0.1) is 16.4 Å². The molecule has 2 aromatic carbocycles. The fraction of sp³-hybridized carbons (Fsp3) is 0.286. The Morgan fingerprint density at radius 3 is 2.59 bits per heavy atom. The lowest BCUT2D eigenvalue weighted by Gasteiger charge is -2.31. The van der Waals surface area contributed by atoms with Crippen molar-refractivity contribution >= 4 is 40.7 Å². The van der Waals surface area contributed by atoms with Gasteiger partial charge in [0.2, 0.25) is 0 Å². The van der Waals surface area contributed by atoms with Gasteiger partial charge in [0, 0.05) is 30.6 Å². The van der Waals surface area contributed by atoms with E-state index in [9.17, 15) is 14.4 Å². The largest absolute Gasteiger partial charge is 0.482 e. The zero-order valence-electron chi connectivity index (χ0n) is 15.6. The van der Waals surface area contributed by atoms with E-state index >= 15 is 0 Å². The summed E-state index contributed by atoms with van der Waals surface area (Å²) in [6.07, 6.45) is 1.24. The number of ketones is 1. The summed E-state index contributed by atoms with van der Waals surface area (Å²) >= 11 is 6.24. The first kappa shape index (κ1) is 19.3. The van der Waals surface area contributed by atoms with E-state index in [4.69, 9.17) is 16.3 Å². The highest BCUT2D eigenvalue weighted by atomic mass is 35.5. The van der Waals surface area contributed by atoms with Crippen LogP contribution in [0.4, 0.5) is 16.2 Å². The number of halogens is 1. The summed E-state index contributed by atoms with van der Waals surface area (Å²) in [4.78, 5) is 38.3. The molecule has 4 rings (SSSR count). The number of nitrogens with one attached hydrogen (secondary N) is 2. The number of rotatable bonds is 3. The summed E-state index contributed by atoms with van der Waals surface area (Å²) in [7, 11) is 0. The van der Waals surface area contributed by atoms with Crippen LogP contribution in [0.15, 0.2) is 42.5 Å². The van der Waals surface area contributed by atoms with Gasteiger partial charge in [-0.15, -0.1) is 0 Å². The van der Waals surface area contributed by atoms with Gasteiger partial charge < -0.3 is 20.3 Å². The van der Waals surface area contributed by atoms with Crippen LogP contribution in [0.2, 0.25) is 5.02 Å². The number of amides is 3. The molecule has 150 valence electrons. The SMILES string of the molecule is O=C1COc2cc(NC(=O)N3CCC(C(=O)c4ccccc4)CC3)c(Cl)cc2N1. The van der Waals surface area contributed by atoms with Gasteiger partial charge in [-0.05, 0) is 18.9 Å². The fourth-order valence-electron chi connectivity index (χ4n) is 3.57. The summed E-state index contributed by atoms with van der Waals surface area (Å²) in [5.74, 6) is 0.253. The van der Waals surface area contributed by atoms with Crippen molar-refractivity contribution < 1.29 is 19.1 Å². The Bertz CT molecular complexity index is 956. The Hall–Kier alpha value is -3.06. The van der Waals surface area contributed by atoms with Gasteiger partial charge in [0.1, 0.15) is 5.75 Å². The van der Waals surface area contributed by atoms with Crippen LogP contribution in [-0.4, -0.2) is 42.3 Å². The average molecular weight is 414 g/mol. The topological polar surface area (TPSA) is 87.7 Å². The monoisotopic (exact) mass is 413 g/mol. The Kier molecular flexibility index (Phi) is 5.40. The predicted octanol–water partition coefficient (Wildman–Crippen LogP) is 3.80. The molecule has 2 aliphatic heterocycles. The number of hydrogen-bond donors (Lipinski definition) is 2. The van der Waals surface area contributed by atoms with Crippen LogP contribution in [0, 0.1) is 5.92 Å². The quantitative estimate of drug-likeness (QED) is 0.749. The van der Waals surface area contributed by atoms with E-state index < -0.39 is 0 Å². The van der Waals surface area contributed by atoms with E-state index in [2.05, 4.69) is 10.6 Å². The van der Waals surface area contributed by atoms with Crippen LogP contribution in [0.3, 0.4) is 0 Å². The maximum Gasteiger partial charge on any atom is 0.321 e. The molecule has 2 heterocycles. The third kappa shape index (κ3) is 4.19. The number of fused-ring (bicyclic) bond motifs is 1. The van der Waals surface area contributed by atoms with Crippen molar-refractivity contribution in [2.45, 2.75) is 12.8 Å². The minimum absolute atomic E-state index is 0.0780. The van der Waals surface area contributed by atoms with Crippen molar-refractivity contribution in [3.05, 3.63) is 53.1 Å². The fourth-order valence-corrected chi connectivity index (χ4v) is 3.78. The summed E-state index contributed by atoms with van der Waals surface area (Å²) < 4.78 is 5.37. The molecular formula is C21H20ClN3O4. The van der Waals surface area contributed by atoms with Crippen LogP contribution >= 0.6 is 11.6 Å². The van der Waals surface area contributed by atoms with Gasteiger partial charge in [0.15, 0.2) is 12.4 Å².